The monoisotopic (exact) mass is 205 g/mol. The number of hydrazine groups is 1. The molecular formula is C7H15N3O2S. The number of carbonyl (C=O) groups excluding carboxylic acids is 2. The van der Waals surface area contributed by atoms with Crippen LogP contribution in [0.25, 0.3) is 0 Å². The molecule has 0 aromatic rings. The number of hydrogen-bond donors (Lipinski definition) is 2. The van der Waals surface area contributed by atoms with E-state index in [0.717, 1.165) is 5.01 Å². The number of likely N-dealkylation sites (N-methyl/N-ethyl adjacent to an activating group) is 1. The van der Waals surface area contributed by atoms with Crippen LogP contribution in [0.2, 0.25) is 0 Å². The fourth-order valence-electron chi connectivity index (χ4n) is 0.833. The number of amides is 2. The quantitative estimate of drug-likeness (QED) is 0.357. The summed E-state index contributed by atoms with van der Waals surface area (Å²) in [5.41, 5.74) is 0. The molecule has 3 N–H and O–H groups in total. The third kappa shape index (κ3) is 4.74. The van der Waals surface area contributed by atoms with E-state index in [1.807, 2.05) is 6.26 Å². The second-order valence-corrected chi connectivity index (χ2v) is 3.57. The number of thioether (sulfide) groups is 1. The summed E-state index contributed by atoms with van der Waals surface area (Å²) in [5, 5.41) is 3.51. The molecule has 13 heavy (non-hydrogen) atoms. The molecule has 0 bridgehead atoms. The summed E-state index contributed by atoms with van der Waals surface area (Å²) in [4.78, 5) is 22.1. The van der Waals surface area contributed by atoms with E-state index in [0.29, 0.717) is 5.75 Å². The highest BCUT2D eigenvalue weighted by molar-refractivity contribution is 7.98. The van der Waals surface area contributed by atoms with Crippen LogP contribution in [0.1, 0.15) is 6.92 Å². The molecule has 2 amide bonds. The highest BCUT2D eigenvalue weighted by Gasteiger charge is 2.20. The van der Waals surface area contributed by atoms with E-state index in [1.54, 1.807) is 0 Å². The van der Waals surface area contributed by atoms with Gasteiger partial charge in [-0.15, -0.1) is 0 Å². The van der Waals surface area contributed by atoms with Crippen molar-refractivity contribution in [3.8, 4) is 0 Å². The Balaban J connectivity index is 4.23. The van der Waals surface area contributed by atoms with Crippen molar-refractivity contribution in [2.75, 3.05) is 19.1 Å². The van der Waals surface area contributed by atoms with Crippen molar-refractivity contribution in [3.63, 3.8) is 0 Å². The van der Waals surface area contributed by atoms with Crippen molar-refractivity contribution in [1.82, 2.24) is 10.3 Å². The largest absolute Gasteiger partial charge is 0.344 e. The first-order valence-electron chi connectivity index (χ1n) is 3.77. The zero-order chi connectivity index (χ0) is 10.4. The molecule has 0 aliphatic heterocycles. The van der Waals surface area contributed by atoms with Gasteiger partial charge in [0.1, 0.15) is 6.04 Å². The minimum atomic E-state index is -0.525. The lowest BCUT2D eigenvalue weighted by Crippen LogP contribution is -2.50. The number of rotatable bonds is 4. The SMILES string of the molecule is CSCC(NC(C)=O)C(=O)N(C)N. The van der Waals surface area contributed by atoms with Crippen molar-refractivity contribution >= 4 is 23.6 Å². The molecule has 0 radical (unpaired) electrons. The van der Waals surface area contributed by atoms with Crippen molar-refractivity contribution < 1.29 is 9.59 Å². The van der Waals surface area contributed by atoms with Gasteiger partial charge in [0.25, 0.3) is 5.91 Å². The van der Waals surface area contributed by atoms with Gasteiger partial charge in [0, 0.05) is 19.7 Å². The Morgan fingerprint density at radius 1 is 1.62 bits per heavy atom. The van der Waals surface area contributed by atoms with Gasteiger partial charge in [-0.05, 0) is 6.26 Å². The summed E-state index contributed by atoms with van der Waals surface area (Å²) in [6.07, 6.45) is 1.86. The first-order chi connectivity index (χ1) is 5.99. The molecule has 0 aromatic heterocycles. The van der Waals surface area contributed by atoms with Crippen LogP contribution in [0.5, 0.6) is 0 Å². The van der Waals surface area contributed by atoms with E-state index < -0.39 is 6.04 Å². The van der Waals surface area contributed by atoms with Gasteiger partial charge in [-0.1, -0.05) is 0 Å². The third-order valence-electron chi connectivity index (χ3n) is 1.36. The van der Waals surface area contributed by atoms with Crippen LogP contribution in [-0.2, 0) is 9.59 Å². The lowest BCUT2D eigenvalue weighted by molar-refractivity contribution is -0.134. The highest BCUT2D eigenvalue weighted by atomic mass is 32.2. The fourth-order valence-corrected chi connectivity index (χ4v) is 1.39. The minimum Gasteiger partial charge on any atom is -0.344 e. The molecule has 0 heterocycles. The Morgan fingerprint density at radius 2 is 2.15 bits per heavy atom. The van der Waals surface area contributed by atoms with Crippen LogP contribution in [0.15, 0.2) is 0 Å². The number of nitrogens with two attached hydrogens (primary N) is 1. The molecule has 1 atom stereocenters. The molecule has 0 fully saturated rings. The van der Waals surface area contributed by atoms with Crippen molar-refractivity contribution in [3.05, 3.63) is 0 Å². The van der Waals surface area contributed by atoms with Crippen LogP contribution >= 0.6 is 11.8 Å². The molecule has 76 valence electrons. The van der Waals surface area contributed by atoms with Gasteiger partial charge in [-0.25, -0.2) is 5.84 Å². The van der Waals surface area contributed by atoms with Crippen molar-refractivity contribution in [2.45, 2.75) is 13.0 Å². The number of nitrogens with zero attached hydrogens (tertiary/aromatic N) is 1. The van der Waals surface area contributed by atoms with Gasteiger partial charge in [0.05, 0.1) is 0 Å². The molecule has 0 saturated heterocycles. The molecule has 6 heteroatoms. The maximum atomic E-state index is 11.3. The predicted octanol–water partition coefficient (Wildman–Crippen LogP) is -0.814. The summed E-state index contributed by atoms with van der Waals surface area (Å²) >= 11 is 1.48. The molecule has 5 nitrogen and oxygen atoms in total. The zero-order valence-electron chi connectivity index (χ0n) is 8.03. The van der Waals surface area contributed by atoms with E-state index in [9.17, 15) is 9.59 Å². The van der Waals surface area contributed by atoms with Gasteiger partial charge in [-0.2, -0.15) is 11.8 Å². The Hall–Kier alpha value is -0.750. The number of hydrogen-bond acceptors (Lipinski definition) is 4. The normalized spacial score (nSPS) is 12.0. The summed E-state index contributed by atoms with van der Waals surface area (Å²) in [7, 11) is 1.46. The number of carbonyl (C=O) groups is 2. The molecule has 0 rings (SSSR count). The summed E-state index contributed by atoms with van der Waals surface area (Å²) < 4.78 is 0. The first-order valence-corrected chi connectivity index (χ1v) is 5.16. The first kappa shape index (κ1) is 12.2. The maximum absolute atomic E-state index is 11.3. The molecular weight excluding hydrogens is 190 g/mol. The smallest absolute Gasteiger partial charge is 0.259 e. The van der Waals surface area contributed by atoms with Gasteiger partial charge in [0.2, 0.25) is 5.91 Å². The molecule has 0 saturated carbocycles. The third-order valence-corrected chi connectivity index (χ3v) is 2.02. The van der Waals surface area contributed by atoms with Crippen LogP contribution in [0.4, 0.5) is 0 Å². The maximum Gasteiger partial charge on any atom is 0.259 e. The lowest BCUT2D eigenvalue weighted by Gasteiger charge is -2.19. The summed E-state index contributed by atoms with van der Waals surface area (Å²) in [6, 6.07) is -0.525. The van der Waals surface area contributed by atoms with E-state index in [2.05, 4.69) is 5.32 Å². The van der Waals surface area contributed by atoms with E-state index in [4.69, 9.17) is 5.84 Å². The average molecular weight is 205 g/mol. The van der Waals surface area contributed by atoms with Gasteiger partial charge >= 0.3 is 0 Å². The fraction of sp³-hybridized carbons (Fsp3) is 0.714. The van der Waals surface area contributed by atoms with Gasteiger partial charge < -0.3 is 5.32 Å². The van der Waals surface area contributed by atoms with Gasteiger partial charge in [-0.3, -0.25) is 14.6 Å². The standard InChI is InChI=1S/C7H15N3O2S/c1-5(11)9-6(4-13-3)7(12)10(2)8/h6H,4,8H2,1-3H3,(H,9,11). The zero-order valence-corrected chi connectivity index (χ0v) is 8.85. The Kier molecular flexibility index (Phi) is 5.48. The highest BCUT2D eigenvalue weighted by Crippen LogP contribution is 1.99. The number of nitrogens with one attached hydrogen (secondary N) is 1. The van der Waals surface area contributed by atoms with Crippen LogP contribution in [-0.4, -0.2) is 41.9 Å². The minimum absolute atomic E-state index is 0.228. The summed E-state index contributed by atoms with van der Waals surface area (Å²) in [6.45, 7) is 1.37. The molecule has 0 aliphatic carbocycles. The molecule has 0 aromatic carbocycles. The van der Waals surface area contributed by atoms with Crippen LogP contribution in [0, 0.1) is 0 Å². The van der Waals surface area contributed by atoms with Crippen LogP contribution in [0.3, 0.4) is 0 Å². The Bertz CT molecular complexity index is 196. The average Bonchev–Trinajstić information content (AvgIpc) is 2.01. The van der Waals surface area contributed by atoms with Crippen molar-refractivity contribution in [1.29, 1.82) is 0 Å². The van der Waals surface area contributed by atoms with Gasteiger partial charge in [0.15, 0.2) is 0 Å². The lowest BCUT2D eigenvalue weighted by atomic mass is 10.3. The second kappa shape index (κ2) is 5.82. The van der Waals surface area contributed by atoms with Crippen molar-refractivity contribution in [2.24, 2.45) is 5.84 Å². The Morgan fingerprint density at radius 3 is 2.46 bits per heavy atom. The summed E-state index contributed by atoms with van der Waals surface area (Å²) in [5.74, 6) is 5.28. The molecule has 0 spiro atoms. The second-order valence-electron chi connectivity index (χ2n) is 2.66. The Labute approximate surface area is 82.0 Å². The molecule has 1 unspecified atom stereocenters. The van der Waals surface area contributed by atoms with E-state index in [1.165, 1.54) is 25.7 Å². The predicted molar refractivity (Wildman–Crippen MR) is 52.9 cm³/mol. The van der Waals surface area contributed by atoms with Crippen LogP contribution < -0.4 is 11.2 Å². The van der Waals surface area contributed by atoms with E-state index >= 15 is 0 Å². The molecule has 0 aliphatic rings. The topological polar surface area (TPSA) is 75.4 Å². The van der Waals surface area contributed by atoms with E-state index in [-0.39, 0.29) is 11.8 Å².